The van der Waals surface area contributed by atoms with Gasteiger partial charge in [-0.15, -0.1) is 0 Å². The van der Waals surface area contributed by atoms with Gasteiger partial charge in [0.2, 0.25) is 0 Å². The van der Waals surface area contributed by atoms with Gasteiger partial charge in [-0.1, -0.05) is 22.0 Å². The molecule has 0 aliphatic heterocycles. The van der Waals surface area contributed by atoms with Gasteiger partial charge in [-0.3, -0.25) is 14.6 Å². The van der Waals surface area contributed by atoms with E-state index >= 15 is 0 Å². The molecule has 0 atom stereocenters. The van der Waals surface area contributed by atoms with Crippen molar-refractivity contribution in [3.05, 3.63) is 74.7 Å². The van der Waals surface area contributed by atoms with Gasteiger partial charge in [0.15, 0.2) is 0 Å². The van der Waals surface area contributed by atoms with E-state index in [0.29, 0.717) is 5.52 Å². The maximum atomic E-state index is 12.2. The Morgan fingerprint density at radius 1 is 1.23 bits per heavy atom. The molecule has 2 N–H and O–H groups in total. The van der Waals surface area contributed by atoms with Crippen molar-refractivity contribution in [3.8, 4) is 0 Å². The van der Waals surface area contributed by atoms with E-state index in [1.165, 1.54) is 0 Å². The highest BCUT2D eigenvalue weighted by molar-refractivity contribution is 9.10. The fraction of sp³-hybridized carbons (Fsp3) is 0.0625. The Kier molecular flexibility index (Phi) is 4.02. The summed E-state index contributed by atoms with van der Waals surface area (Å²) >= 11 is 3.37. The first-order valence-corrected chi connectivity index (χ1v) is 7.43. The first kappa shape index (κ1) is 14.5. The maximum absolute atomic E-state index is 12.2. The number of carbonyl (C=O) groups excluding carboxylic acids is 1. The minimum Gasteiger partial charge on any atom is -0.346 e. The number of amides is 1. The molecule has 2 heterocycles. The number of pyridine rings is 2. The van der Waals surface area contributed by atoms with Gasteiger partial charge in [0, 0.05) is 21.6 Å². The first-order chi connectivity index (χ1) is 10.6. The van der Waals surface area contributed by atoms with Crippen LogP contribution in [0.3, 0.4) is 0 Å². The normalized spacial score (nSPS) is 10.6. The number of benzene rings is 1. The zero-order valence-electron chi connectivity index (χ0n) is 11.5. The molecule has 22 heavy (non-hydrogen) atoms. The van der Waals surface area contributed by atoms with E-state index < -0.39 is 11.5 Å². The molecule has 0 spiro atoms. The lowest BCUT2D eigenvalue weighted by atomic mass is 10.1. The number of hydrogen-bond donors (Lipinski definition) is 2. The van der Waals surface area contributed by atoms with Gasteiger partial charge in [-0.05, 0) is 36.4 Å². The second kappa shape index (κ2) is 6.11. The lowest BCUT2D eigenvalue weighted by Gasteiger charge is -2.06. The van der Waals surface area contributed by atoms with E-state index in [1.807, 2.05) is 24.3 Å². The second-order valence-electron chi connectivity index (χ2n) is 4.75. The molecule has 5 nitrogen and oxygen atoms in total. The Labute approximate surface area is 134 Å². The quantitative estimate of drug-likeness (QED) is 0.756. The molecular weight excluding hydrogens is 346 g/mol. The third kappa shape index (κ3) is 3.07. The Morgan fingerprint density at radius 2 is 2.09 bits per heavy atom. The minimum absolute atomic E-state index is 0.0848. The summed E-state index contributed by atoms with van der Waals surface area (Å²) in [4.78, 5) is 31.1. The number of carbonyl (C=O) groups is 1. The summed E-state index contributed by atoms with van der Waals surface area (Å²) in [7, 11) is 0. The highest BCUT2D eigenvalue weighted by Gasteiger charge is 2.12. The molecule has 0 aliphatic rings. The smallest absolute Gasteiger partial charge is 0.261 e. The molecule has 6 heteroatoms. The van der Waals surface area contributed by atoms with Crippen molar-refractivity contribution in [1.82, 2.24) is 15.3 Å². The molecule has 2 aromatic heterocycles. The number of hydrogen-bond acceptors (Lipinski definition) is 3. The Morgan fingerprint density at radius 3 is 2.86 bits per heavy atom. The Bertz CT molecular complexity index is 891. The molecule has 0 aliphatic carbocycles. The van der Waals surface area contributed by atoms with Crippen LogP contribution in [0.2, 0.25) is 0 Å². The van der Waals surface area contributed by atoms with Crippen molar-refractivity contribution >= 4 is 32.7 Å². The Hall–Kier alpha value is -2.47. The largest absolute Gasteiger partial charge is 0.346 e. The van der Waals surface area contributed by atoms with E-state index in [9.17, 15) is 9.59 Å². The zero-order chi connectivity index (χ0) is 15.5. The van der Waals surface area contributed by atoms with Crippen LogP contribution in [0.5, 0.6) is 0 Å². The monoisotopic (exact) mass is 357 g/mol. The maximum Gasteiger partial charge on any atom is 0.261 e. The standard InChI is InChI=1S/C16H12BrN3O2/c17-11-4-5-14-10(7-11)8-13(16(22)20-14)15(21)19-9-12-3-1-2-6-18-12/h1-8H,9H2,(H,19,21)(H,20,22). The lowest BCUT2D eigenvalue weighted by molar-refractivity contribution is 0.0949. The van der Waals surface area contributed by atoms with Crippen molar-refractivity contribution in [2.75, 3.05) is 0 Å². The molecule has 0 fully saturated rings. The highest BCUT2D eigenvalue weighted by Crippen LogP contribution is 2.17. The molecule has 0 saturated carbocycles. The molecule has 1 amide bonds. The third-order valence-electron chi connectivity index (χ3n) is 3.21. The minimum atomic E-state index is -0.422. The van der Waals surface area contributed by atoms with Crippen LogP contribution < -0.4 is 10.9 Å². The summed E-state index contributed by atoms with van der Waals surface area (Å²) in [6, 6.07) is 12.5. The average Bonchev–Trinajstić information content (AvgIpc) is 2.53. The zero-order valence-corrected chi connectivity index (χ0v) is 13.1. The van der Waals surface area contributed by atoms with Crippen LogP contribution >= 0.6 is 15.9 Å². The molecule has 0 bridgehead atoms. The topological polar surface area (TPSA) is 74.8 Å². The van der Waals surface area contributed by atoms with Crippen LogP contribution in [0.15, 0.2) is 57.9 Å². The average molecular weight is 358 g/mol. The molecule has 0 saturated heterocycles. The van der Waals surface area contributed by atoms with Gasteiger partial charge in [-0.25, -0.2) is 0 Å². The van der Waals surface area contributed by atoms with Crippen LogP contribution in [0.25, 0.3) is 10.9 Å². The SMILES string of the molecule is O=C(NCc1ccccn1)c1cc2cc(Br)ccc2[nH]c1=O. The van der Waals surface area contributed by atoms with Gasteiger partial charge >= 0.3 is 0 Å². The predicted octanol–water partition coefficient (Wildman–Crippen LogP) is 2.62. The number of rotatable bonds is 3. The van der Waals surface area contributed by atoms with Gasteiger partial charge < -0.3 is 10.3 Å². The number of nitrogens with one attached hydrogen (secondary N) is 2. The number of aromatic nitrogens is 2. The van der Waals surface area contributed by atoms with E-state index in [-0.39, 0.29) is 12.1 Å². The van der Waals surface area contributed by atoms with Crippen LogP contribution in [-0.2, 0) is 6.54 Å². The fourth-order valence-corrected chi connectivity index (χ4v) is 2.49. The van der Waals surface area contributed by atoms with Crippen LogP contribution in [0.4, 0.5) is 0 Å². The van der Waals surface area contributed by atoms with Crippen molar-refractivity contribution in [2.24, 2.45) is 0 Å². The molecular formula is C16H12BrN3O2. The molecule has 110 valence electrons. The highest BCUT2D eigenvalue weighted by atomic mass is 79.9. The summed E-state index contributed by atoms with van der Waals surface area (Å²) in [6.07, 6.45) is 1.65. The number of halogens is 1. The number of aromatic amines is 1. The molecule has 0 unspecified atom stereocenters. The summed E-state index contributed by atoms with van der Waals surface area (Å²) < 4.78 is 0.881. The number of H-pyrrole nitrogens is 1. The van der Waals surface area contributed by atoms with Crippen molar-refractivity contribution in [1.29, 1.82) is 0 Å². The van der Waals surface area contributed by atoms with Gasteiger partial charge in [-0.2, -0.15) is 0 Å². The van der Waals surface area contributed by atoms with Crippen molar-refractivity contribution < 1.29 is 4.79 Å². The van der Waals surface area contributed by atoms with Gasteiger partial charge in [0.1, 0.15) is 5.56 Å². The summed E-state index contributed by atoms with van der Waals surface area (Å²) in [6.45, 7) is 0.273. The van der Waals surface area contributed by atoms with Crippen molar-refractivity contribution in [2.45, 2.75) is 6.54 Å². The second-order valence-corrected chi connectivity index (χ2v) is 5.66. The first-order valence-electron chi connectivity index (χ1n) is 6.64. The summed E-state index contributed by atoms with van der Waals surface area (Å²) in [5, 5.41) is 3.49. The van der Waals surface area contributed by atoms with Gasteiger partial charge in [0.05, 0.1) is 12.2 Å². The summed E-state index contributed by atoms with van der Waals surface area (Å²) in [5.41, 5.74) is 1.10. The van der Waals surface area contributed by atoms with Gasteiger partial charge in [0.25, 0.3) is 11.5 Å². The van der Waals surface area contributed by atoms with E-state index in [4.69, 9.17) is 0 Å². The summed E-state index contributed by atoms with van der Waals surface area (Å²) in [5.74, 6) is -0.422. The number of fused-ring (bicyclic) bond motifs is 1. The predicted molar refractivity (Wildman–Crippen MR) is 87.7 cm³/mol. The van der Waals surface area contributed by atoms with Crippen LogP contribution in [0.1, 0.15) is 16.1 Å². The van der Waals surface area contributed by atoms with E-state index in [2.05, 4.69) is 31.2 Å². The molecule has 3 rings (SSSR count). The lowest BCUT2D eigenvalue weighted by Crippen LogP contribution is -2.29. The number of nitrogens with zero attached hydrogens (tertiary/aromatic N) is 1. The van der Waals surface area contributed by atoms with Crippen molar-refractivity contribution in [3.63, 3.8) is 0 Å². The van der Waals surface area contributed by atoms with Crippen LogP contribution in [-0.4, -0.2) is 15.9 Å². The molecule has 1 aromatic carbocycles. The van der Waals surface area contributed by atoms with E-state index in [0.717, 1.165) is 15.6 Å². The third-order valence-corrected chi connectivity index (χ3v) is 3.70. The Balaban J connectivity index is 1.87. The van der Waals surface area contributed by atoms with E-state index in [1.54, 1.807) is 24.4 Å². The van der Waals surface area contributed by atoms with Crippen LogP contribution in [0, 0.1) is 0 Å². The molecule has 3 aromatic rings. The molecule has 0 radical (unpaired) electrons. The fourth-order valence-electron chi connectivity index (χ4n) is 2.11.